The van der Waals surface area contributed by atoms with E-state index in [0.29, 0.717) is 25.9 Å². The SMILES string of the molecule is CC(C)(C)OC(=O)N1CCCC2(CNCCC2(F)F)C1. The van der Waals surface area contributed by atoms with Gasteiger partial charge in [-0.1, -0.05) is 0 Å². The number of hydrogen-bond acceptors (Lipinski definition) is 3. The maximum atomic E-state index is 14.3. The molecule has 2 saturated heterocycles. The number of carbonyl (C=O) groups excluding carboxylic acids is 1. The van der Waals surface area contributed by atoms with Gasteiger partial charge in [0.05, 0.1) is 5.41 Å². The Hall–Kier alpha value is -0.910. The van der Waals surface area contributed by atoms with E-state index in [2.05, 4.69) is 5.32 Å². The summed E-state index contributed by atoms with van der Waals surface area (Å²) in [5, 5.41) is 3.05. The average Bonchev–Trinajstić information content (AvgIpc) is 2.31. The largest absolute Gasteiger partial charge is 0.444 e. The van der Waals surface area contributed by atoms with Gasteiger partial charge in [-0.2, -0.15) is 0 Å². The van der Waals surface area contributed by atoms with Crippen molar-refractivity contribution >= 4 is 6.09 Å². The molecule has 6 heteroatoms. The predicted octanol–water partition coefficient (Wildman–Crippen LogP) is 2.63. The van der Waals surface area contributed by atoms with Gasteiger partial charge in [0.2, 0.25) is 0 Å². The van der Waals surface area contributed by atoms with Gasteiger partial charge in [0, 0.05) is 32.6 Å². The summed E-state index contributed by atoms with van der Waals surface area (Å²) in [6, 6.07) is 0. The average molecular weight is 290 g/mol. The van der Waals surface area contributed by atoms with E-state index in [1.807, 2.05) is 0 Å². The zero-order chi connectivity index (χ0) is 15.0. The molecule has 1 atom stereocenters. The second kappa shape index (κ2) is 5.13. The van der Waals surface area contributed by atoms with Gasteiger partial charge < -0.3 is 15.0 Å². The fourth-order valence-electron chi connectivity index (χ4n) is 3.02. The minimum absolute atomic E-state index is 0.0713. The normalized spacial score (nSPS) is 30.4. The summed E-state index contributed by atoms with van der Waals surface area (Å²) in [4.78, 5) is 13.5. The second-order valence-corrected chi connectivity index (χ2v) is 6.92. The van der Waals surface area contributed by atoms with Crippen LogP contribution in [0.15, 0.2) is 0 Å². The first-order valence-corrected chi connectivity index (χ1v) is 7.22. The molecule has 2 fully saturated rings. The third-order valence-electron chi connectivity index (χ3n) is 4.08. The fraction of sp³-hybridized carbons (Fsp3) is 0.929. The smallest absolute Gasteiger partial charge is 0.410 e. The molecule has 116 valence electrons. The number of amides is 1. The molecule has 0 aromatic heterocycles. The van der Waals surface area contributed by atoms with E-state index < -0.39 is 23.0 Å². The molecular formula is C14H24F2N2O2. The van der Waals surface area contributed by atoms with E-state index in [1.165, 1.54) is 4.90 Å². The Morgan fingerprint density at radius 1 is 1.30 bits per heavy atom. The number of piperidine rings is 2. The molecule has 4 nitrogen and oxygen atoms in total. The first-order valence-electron chi connectivity index (χ1n) is 7.22. The molecule has 1 N–H and O–H groups in total. The third kappa shape index (κ3) is 3.05. The van der Waals surface area contributed by atoms with Gasteiger partial charge >= 0.3 is 6.09 Å². The van der Waals surface area contributed by atoms with E-state index in [9.17, 15) is 13.6 Å². The lowest BCUT2D eigenvalue weighted by molar-refractivity contribution is -0.163. The van der Waals surface area contributed by atoms with Crippen LogP contribution in [0.25, 0.3) is 0 Å². The maximum Gasteiger partial charge on any atom is 0.410 e. The van der Waals surface area contributed by atoms with E-state index in [-0.39, 0.29) is 19.5 Å². The Morgan fingerprint density at radius 2 is 2.00 bits per heavy atom. The van der Waals surface area contributed by atoms with Crippen molar-refractivity contribution in [3.63, 3.8) is 0 Å². The van der Waals surface area contributed by atoms with Crippen molar-refractivity contribution in [2.24, 2.45) is 5.41 Å². The van der Waals surface area contributed by atoms with E-state index >= 15 is 0 Å². The van der Waals surface area contributed by atoms with Crippen LogP contribution in [0.2, 0.25) is 0 Å². The molecule has 20 heavy (non-hydrogen) atoms. The molecule has 0 aromatic carbocycles. The molecule has 2 aliphatic heterocycles. The van der Waals surface area contributed by atoms with Crippen LogP contribution in [0.5, 0.6) is 0 Å². The van der Waals surface area contributed by atoms with Crippen molar-refractivity contribution in [1.29, 1.82) is 0 Å². The number of hydrogen-bond donors (Lipinski definition) is 1. The monoisotopic (exact) mass is 290 g/mol. The van der Waals surface area contributed by atoms with Crippen molar-refractivity contribution in [2.45, 2.75) is 51.6 Å². The van der Waals surface area contributed by atoms with Crippen molar-refractivity contribution in [1.82, 2.24) is 10.2 Å². The summed E-state index contributed by atoms with van der Waals surface area (Å²) in [6.45, 7) is 6.50. The molecular weight excluding hydrogens is 266 g/mol. The number of ether oxygens (including phenoxy) is 1. The fourth-order valence-corrected chi connectivity index (χ4v) is 3.02. The molecule has 2 heterocycles. The van der Waals surface area contributed by atoms with Gasteiger partial charge in [0.15, 0.2) is 0 Å². The molecule has 0 radical (unpaired) electrons. The zero-order valence-electron chi connectivity index (χ0n) is 12.5. The van der Waals surface area contributed by atoms with Crippen LogP contribution in [0, 0.1) is 5.41 Å². The maximum absolute atomic E-state index is 14.3. The van der Waals surface area contributed by atoms with E-state index in [0.717, 1.165) is 0 Å². The molecule has 0 aliphatic carbocycles. The number of carbonyl (C=O) groups is 1. The molecule has 0 saturated carbocycles. The Kier molecular flexibility index (Phi) is 3.97. The summed E-state index contributed by atoms with van der Waals surface area (Å²) >= 11 is 0. The quantitative estimate of drug-likeness (QED) is 0.745. The van der Waals surface area contributed by atoms with Crippen LogP contribution >= 0.6 is 0 Å². The minimum Gasteiger partial charge on any atom is -0.444 e. The van der Waals surface area contributed by atoms with Crippen molar-refractivity contribution < 1.29 is 18.3 Å². The lowest BCUT2D eigenvalue weighted by atomic mass is 9.71. The van der Waals surface area contributed by atoms with Crippen LogP contribution < -0.4 is 5.32 Å². The topological polar surface area (TPSA) is 41.6 Å². The van der Waals surface area contributed by atoms with Crippen LogP contribution in [0.1, 0.15) is 40.0 Å². The summed E-state index contributed by atoms with van der Waals surface area (Å²) in [7, 11) is 0. The first-order chi connectivity index (χ1) is 9.15. The van der Waals surface area contributed by atoms with Gasteiger partial charge in [-0.3, -0.25) is 0 Å². The predicted molar refractivity (Wildman–Crippen MR) is 71.9 cm³/mol. The molecule has 2 aliphatic rings. The Morgan fingerprint density at radius 3 is 2.60 bits per heavy atom. The number of halogens is 2. The van der Waals surface area contributed by atoms with Gasteiger partial charge in [-0.25, -0.2) is 13.6 Å². The molecule has 0 aromatic rings. The highest BCUT2D eigenvalue weighted by molar-refractivity contribution is 5.68. The molecule has 2 rings (SSSR count). The van der Waals surface area contributed by atoms with Gasteiger partial charge in [0.1, 0.15) is 5.60 Å². The highest BCUT2D eigenvalue weighted by atomic mass is 19.3. The van der Waals surface area contributed by atoms with Crippen LogP contribution in [-0.2, 0) is 4.74 Å². The highest BCUT2D eigenvalue weighted by Gasteiger charge is 2.56. The number of alkyl halides is 2. The summed E-state index contributed by atoms with van der Waals surface area (Å²) in [6.07, 6.45) is 0.399. The third-order valence-corrected chi connectivity index (χ3v) is 4.08. The standard InChI is InChI=1S/C14H24F2N2O2/c1-12(2,3)20-11(19)18-8-4-5-13(10-18)9-17-7-6-14(13,15)16/h17H,4-10H2,1-3H3. The van der Waals surface area contributed by atoms with Crippen molar-refractivity contribution in [3.8, 4) is 0 Å². The van der Waals surface area contributed by atoms with Crippen LogP contribution in [0.3, 0.4) is 0 Å². The zero-order valence-corrected chi connectivity index (χ0v) is 12.5. The van der Waals surface area contributed by atoms with Crippen LogP contribution in [0.4, 0.5) is 13.6 Å². The summed E-state index contributed by atoms with van der Waals surface area (Å²) in [5.74, 6) is -2.72. The van der Waals surface area contributed by atoms with Crippen LogP contribution in [-0.4, -0.2) is 48.7 Å². The molecule has 1 spiro atoms. The van der Waals surface area contributed by atoms with Crippen molar-refractivity contribution in [2.75, 3.05) is 26.2 Å². The molecule has 1 unspecified atom stereocenters. The molecule has 1 amide bonds. The first kappa shape index (κ1) is 15.5. The number of nitrogens with zero attached hydrogens (tertiary/aromatic N) is 1. The minimum atomic E-state index is -2.72. The number of likely N-dealkylation sites (tertiary alicyclic amines) is 1. The summed E-state index contributed by atoms with van der Waals surface area (Å²) in [5.41, 5.74) is -1.74. The lowest BCUT2D eigenvalue weighted by Gasteiger charge is -2.49. The Balaban J connectivity index is 2.10. The van der Waals surface area contributed by atoms with Gasteiger partial charge in [-0.05, 0) is 33.6 Å². The highest BCUT2D eigenvalue weighted by Crippen LogP contribution is 2.47. The number of rotatable bonds is 0. The Labute approximate surface area is 118 Å². The Bertz CT molecular complexity index is 378. The second-order valence-electron chi connectivity index (χ2n) is 6.92. The van der Waals surface area contributed by atoms with E-state index in [1.54, 1.807) is 20.8 Å². The number of nitrogens with one attached hydrogen (secondary N) is 1. The summed E-state index contributed by atoms with van der Waals surface area (Å²) < 4.78 is 33.9. The van der Waals surface area contributed by atoms with Gasteiger partial charge in [-0.15, -0.1) is 0 Å². The molecule has 0 bridgehead atoms. The van der Waals surface area contributed by atoms with Gasteiger partial charge in [0.25, 0.3) is 5.92 Å². The van der Waals surface area contributed by atoms with E-state index in [4.69, 9.17) is 4.74 Å². The lowest BCUT2D eigenvalue weighted by Crippen LogP contribution is -2.62. The van der Waals surface area contributed by atoms with Crippen molar-refractivity contribution in [3.05, 3.63) is 0 Å².